The van der Waals surface area contributed by atoms with Crippen molar-refractivity contribution in [1.82, 2.24) is 0 Å². The van der Waals surface area contributed by atoms with Crippen LogP contribution in [0.15, 0.2) is 12.1 Å². The quantitative estimate of drug-likeness (QED) is 0.898. The molecule has 0 aromatic heterocycles. The summed E-state index contributed by atoms with van der Waals surface area (Å²) in [5, 5.41) is 3.00. The van der Waals surface area contributed by atoms with E-state index in [2.05, 4.69) is 12.2 Å². The van der Waals surface area contributed by atoms with Gasteiger partial charge in [0.25, 0.3) is 0 Å². The Balaban J connectivity index is 2.20. The molecule has 1 aromatic carbocycles. The average molecular weight is 290 g/mol. The highest BCUT2D eigenvalue weighted by atomic mass is 16.5. The molecule has 4 heteroatoms. The number of rotatable bonds is 3. The Hall–Kier alpha value is -1.55. The summed E-state index contributed by atoms with van der Waals surface area (Å²) in [7, 11) is 1.65. The van der Waals surface area contributed by atoms with E-state index in [1.54, 1.807) is 7.11 Å². The third kappa shape index (κ3) is 3.21. The summed E-state index contributed by atoms with van der Waals surface area (Å²) in [6.45, 7) is 6.10. The maximum atomic E-state index is 12.6. The lowest BCUT2D eigenvalue weighted by atomic mass is 9.76. The van der Waals surface area contributed by atoms with Crippen LogP contribution in [0.4, 0.5) is 5.69 Å². The number of nitrogens with one attached hydrogen (secondary N) is 1. The van der Waals surface area contributed by atoms with E-state index in [9.17, 15) is 4.79 Å². The standard InChI is InChI=1S/C17H26N2O2/c1-11-6-5-9-17(18,10-11)16(20)19-14-8-7-12(2)15(21-4)13(14)3/h7-8,11H,5-6,9-10,18H2,1-4H3,(H,19,20). The molecule has 0 bridgehead atoms. The number of methoxy groups -OCH3 is 1. The highest BCUT2D eigenvalue weighted by Crippen LogP contribution is 2.33. The lowest BCUT2D eigenvalue weighted by molar-refractivity contribution is -0.122. The molecule has 1 saturated carbocycles. The zero-order valence-electron chi connectivity index (χ0n) is 13.5. The lowest BCUT2D eigenvalue weighted by Gasteiger charge is -2.35. The van der Waals surface area contributed by atoms with Gasteiger partial charge < -0.3 is 15.8 Å². The Morgan fingerprint density at radius 1 is 1.43 bits per heavy atom. The number of carbonyl (C=O) groups excluding carboxylic acids is 1. The number of benzene rings is 1. The normalized spacial score (nSPS) is 25.5. The van der Waals surface area contributed by atoms with Crippen molar-refractivity contribution in [3.63, 3.8) is 0 Å². The van der Waals surface area contributed by atoms with Crippen LogP contribution in [0.3, 0.4) is 0 Å². The second kappa shape index (κ2) is 6.06. The average Bonchev–Trinajstić information content (AvgIpc) is 2.42. The molecule has 1 aromatic rings. The van der Waals surface area contributed by atoms with Gasteiger partial charge in [-0.05, 0) is 44.2 Å². The molecule has 2 atom stereocenters. The van der Waals surface area contributed by atoms with E-state index in [-0.39, 0.29) is 5.91 Å². The Labute approximate surface area is 127 Å². The van der Waals surface area contributed by atoms with Gasteiger partial charge in [0.2, 0.25) is 5.91 Å². The van der Waals surface area contributed by atoms with Crippen LogP contribution >= 0.6 is 0 Å². The van der Waals surface area contributed by atoms with Crippen LogP contribution in [0, 0.1) is 19.8 Å². The first-order valence-electron chi connectivity index (χ1n) is 7.62. The van der Waals surface area contributed by atoms with Crippen LogP contribution in [0.2, 0.25) is 0 Å². The topological polar surface area (TPSA) is 64.3 Å². The molecule has 3 N–H and O–H groups in total. The van der Waals surface area contributed by atoms with E-state index < -0.39 is 5.54 Å². The molecule has 0 saturated heterocycles. The Morgan fingerprint density at radius 2 is 2.14 bits per heavy atom. The van der Waals surface area contributed by atoms with Gasteiger partial charge in [-0.2, -0.15) is 0 Å². The van der Waals surface area contributed by atoms with Crippen molar-refractivity contribution in [3.05, 3.63) is 23.3 Å². The maximum absolute atomic E-state index is 12.6. The number of ether oxygens (including phenoxy) is 1. The molecule has 0 radical (unpaired) electrons. The van der Waals surface area contributed by atoms with E-state index in [1.807, 2.05) is 26.0 Å². The van der Waals surface area contributed by atoms with Crippen LogP contribution in [0.1, 0.15) is 43.7 Å². The summed E-state index contributed by atoms with van der Waals surface area (Å²) >= 11 is 0. The Bertz CT molecular complexity index is 542. The zero-order chi connectivity index (χ0) is 15.6. The fourth-order valence-corrected chi connectivity index (χ4v) is 3.32. The first-order chi connectivity index (χ1) is 9.87. The number of hydrogen-bond donors (Lipinski definition) is 2. The maximum Gasteiger partial charge on any atom is 0.244 e. The number of aryl methyl sites for hydroxylation is 1. The molecule has 0 spiro atoms. The highest BCUT2D eigenvalue weighted by Gasteiger charge is 2.38. The van der Waals surface area contributed by atoms with E-state index in [4.69, 9.17) is 10.5 Å². The van der Waals surface area contributed by atoms with Crippen molar-refractivity contribution in [2.45, 2.75) is 52.0 Å². The van der Waals surface area contributed by atoms with E-state index >= 15 is 0 Å². The SMILES string of the molecule is COc1c(C)ccc(NC(=O)C2(N)CCCC(C)C2)c1C. The third-order valence-corrected chi connectivity index (χ3v) is 4.54. The third-order valence-electron chi connectivity index (χ3n) is 4.54. The Kier molecular flexibility index (Phi) is 4.57. The highest BCUT2D eigenvalue weighted by molar-refractivity contribution is 5.98. The van der Waals surface area contributed by atoms with Gasteiger partial charge in [-0.25, -0.2) is 0 Å². The number of carbonyl (C=O) groups is 1. The summed E-state index contributed by atoms with van der Waals surface area (Å²) in [6.07, 6.45) is 3.68. The summed E-state index contributed by atoms with van der Waals surface area (Å²) in [5.41, 5.74) is 8.38. The molecule has 1 amide bonds. The second-order valence-electron chi connectivity index (χ2n) is 6.40. The minimum Gasteiger partial charge on any atom is -0.496 e. The van der Waals surface area contributed by atoms with Gasteiger partial charge in [-0.15, -0.1) is 0 Å². The van der Waals surface area contributed by atoms with Crippen molar-refractivity contribution in [2.75, 3.05) is 12.4 Å². The molecule has 0 heterocycles. The second-order valence-corrected chi connectivity index (χ2v) is 6.40. The van der Waals surface area contributed by atoms with Crippen LogP contribution in [-0.4, -0.2) is 18.6 Å². The number of nitrogens with two attached hydrogens (primary N) is 1. The molecule has 2 unspecified atom stereocenters. The molecule has 4 nitrogen and oxygen atoms in total. The summed E-state index contributed by atoms with van der Waals surface area (Å²) in [6, 6.07) is 3.87. The first-order valence-corrected chi connectivity index (χ1v) is 7.62. The number of amides is 1. The smallest absolute Gasteiger partial charge is 0.244 e. The summed E-state index contributed by atoms with van der Waals surface area (Å²) in [4.78, 5) is 12.6. The van der Waals surface area contributed by atoms with Gasteiger partial charge in [-0.3, -0.25) is 4.79 Å². The van der Waals surface area contributed by atoms with Crippen LogP contribution in [0.25, 0.3) is 0 Å². The van der Waals surface area contributed by atoms with Gasteiger partial charge >= 0.3 is 0 Å². The van der Waals surface area contributed by atoms with Gasteiger partial charge in [-0.1, -0.05) is 25.8 Å². The molecule has 1 aliphatic rings. The van der Waals surface area contributed by atoms with Gasteiger partial charge in [0.1, 0.15) is 5.75 Å². The molecule has 116 valence electrons. The molecular weight excluding hydrogens is 264 g/mol. The van der Waals surface area contributed by atoms with Crippen molar-refractivity contribution in [3.8, 4) is 5.75 Å². The molecule has 2 rings (SSSR count). The molecule has 21 heavy (non-hydrogen) atoms. The monoisotopic (exact) mass is 290 g/mol. The summed E-state index contributed by atoms with van der Waals surface area (Å²) in [5.74, 6) is 1.24. The van der Waals surface area contributed by atoms with Gasteiger partial charge in [0, 0.05) is 11.3 Å². The van der Waals surface area contributed by atoms with Crippen LogP contribution in [-0.2, 0) is 4.79 Å². The van der Waals surface area contributed by atoms with E-state index in [0.29, 0.717) is 5.92 Å². The minimum atomic E-state index is -0.748. The van der Waals surface area contributed by atoms with E-state index in [1.165, 1.54) is 0 Å². The Morgan fingerprint density at radius 3 is 2.76 bits per heavy atom. The fraction of sp³-hybridized carbons (Fsp3) is 0.588. The lowest BCUT2D eigenvalue weighted by Crippen LogP contribution is -2.53. The molecule has 1 fully saturated rings. The zero-order valence-corrected chi connectivity index (χ0v) is 13.5. The van der Waals surface area contributed by atoms with Crippen LogP contribution in [0.5, 0.6) is 5.75 Å². The predicted molar refractivity (Wildman–Crippen MR) is 85.6 cm³/mol. The van der Waals surface area contributed by atoms with Gasteiger partial charge in [0.15, 0.2) is 0 Å². The summed E-state index contributed by atoms with van der Waals surface area (Å²) < 4.78 is 5.40. The minimum absolute atomic E-state index is 0.0805. The van der Waals surface area contributed by atoms with Gasteiger partial charge in [0.05, 0.1) is 12.6 Å². The number of anilines is 1. The number of hydrogen-bond acceptors (Lipinski definition) is 3. The molecular formula is C17H26N2O2. The molecule has 0 aliphatic heterocycles. The first kappa shape index (κ1) is 15.8. The van der Waals surface area contributed by atoms with Crippen molar-refractivity contribution in [2.24, 2.45) is 11.7 Å². The largest absolute Gasteiger partial charge is 0.496 e. The predicted octanol–water partition coefficient (Wildman–Crippen LogP) is 3.16. The van der Waals surface area contributed by atoms with Crippen molar-refractivity contribution in [1.29, 1.82) is 0 Å². The van der Waals surface area contributed by atoms with E-state index in [0.717, 1.165) is 48.2 Å². The van der Waals surface area contributed by atoms with Crippen molar-refractivity contribution < 1.29 is 9.53 Å². The van der Waals surface area contributed by atoms with Crippen molar-refractivity contribution >= 4 is 11.6 Å². The van der Waals surface area contributed by atoms with Crippen LogP contribution < -0.4 is 15.8 Å². The fourth-order valence-electron chi connectivity index (χ4n) is 3.32. The molecule has 1 aliphatic carbocycles.